The van der Waals surface area contributed by atoms with E-state index in [1.807, 2.05) is 6.92 Å². The molecule has 3 rings (SSSR count). The molecule has 3 heterocycles. The molecule has 0 unspecified atom stereocenters. The Morgan fingerprint density at radius 1 is 0.870 bits per heavy atom. The number of nitrogens with zero attached hydrogens (tertiary/aromatic N) is 3. The number of aliphatic carboxylic acids is 1. The smallest absolute Gasteiger partial charge is 0.326 e. The fourth-order valence-electron chi connectivity index (χ4n) is 6.59. The van der Waals surface area contributed by atoms with Gasteiger partial charge in [0.15, 0.2) is 0 Å². The highest BCUT2D eigenvalue weighted by Crippen LogP contribution is 2.22. The molecule has 6 amide bonds. The molecular weight excluding hydrogens is 708 g/mol. The molecule has 2 fully saturated rings. The topological polar surface area (TPSA) is 316 Å². The number of H-pyrrole nitrogens is 1. The number of carboxylic acid groups (broad SMARTS) is 1. The normalized spacial score (nSPS) is 20.3. The van der Waals surface area contributed by atoms with Crippen LogP contribution in [0.15, 0.2) is 12.5 Å². The van der Waals surface area contributed by atoms with E-state index in [0.717, 1.165) is 0 Å². The largest absolute Gasteiger partial charge is 0.480 e. The van der Waals surface area contributed by atoms with Crippen molar-refractivity contribution in [1.82, 2.24) is 41.0 Å². The summed E-state index contributed by atoms with van der Waals surface area (Å²) < 4.78 is 0. The third-order valence-electron chi connectivity index (χ3n) is 9.96. The summed E-state index contributed by atoms with van der Waals surface area (Å²) in [5.41, 5.74) is 12.2. The van der Waals surface area contributed by atoms with Gasteiger partial charge in [-0.15, -0.1) is 0 Å². The van der Waals surface area contributed by atoms with E-state index in [1.165, 1.54) is 22.3 Å². The van der Waals surface area contributed by atoms with E-state index >= 15 is 0 Å². The quantitative estimate of drug-likeness (QED) is 0.0543. The Hall–Kier alpha value is -4.66. The second-order valence-electron chi connectivity index (χ2n) is 13.8. The van der Waals surface area contributed by atoms with Crippen LogP contribution >= 0.6 is 0 Å². The zero-order valence-electron chi connectivity index (χ0n) is 30.9. The molecule has 8 atom stereocenters. The summed E-state index contributed by atoms with van der Waals surface area (Å²) in [6, 6.07) is -8.40. The molecule has 0 saturated carbocycles. The Morgan fingerprint density at radius 3 is 2.06 bits per heavy atom. The number of hydrogen-bond acceptors (Lipinski definition) is 12. The number of aliphatic hydroxyl groups excluding tert-OH is 2. The minimum atomic E-state index is -1.54. The number of carbonyl (C=O) groups excluding carboxylic acids is 6. The Labute approximate surface area is 313 Å². The number of aromatic amines is 1. The zero-order chi connectivity index (χ0) is 39.9. The van der Waals surface area contributed by atoms with Gasteiger partial charge in [-0.2, -0.15) is 0 Å². The van der Waals surface area contributed by atoms with Gasteiger partial charge in [-0.3, -0.25) is 28.8 Å². The number of hydrogen-bond donors (Lipinski definition) is 10. The maximum absolute atomic E-state index is 13.7. The summed E-state index contributed by atoms with van der Waals surface area (Å²) in [5, 5.41) is 39.9. The summed E-state index contributed by atoms with van der Waals surface area (Å²) in [7, 11) is 0. The lowest BCUT2D eigenvalue weighted by Gasteiger charge is -2.32. The lowest BCUT2D eigenvalue weighted by atomic mass is 9.96. The molecule has 1 aromatic heterocycles. The van der Waals surface area contributed by atoms with E-state index in [0.29, 0.717) is 50.8 Å². The zero-order valence-corrected chi connectivity index (χ0v) is 30.9. The van der Waals surface area contributed by atoms with Crippen molar-refractivity contribution >= 4 is 41.4 Å². The number of aromatic nitrogens is 2. The molecule has 1 aromatic rings. The van der Waals surface area contributed by atoms with Crippen molar-refractivity contribution in [3.05, 3.63) is 18.2 Å². The molecule has 2 aliphatic heterocycles. The number of likely N-dealkylation sites (tertiary alicyclic amines) is 2. The first-order chi connectivity index (χ1) is 25.8. The van der Waals surface area contributed by atoms with E-state index < -0.39 is 96.9 Å². The van der Waals surface area contributed by atoms with Crippen LogP contribution in [0.4, 0.5) is 0 Å². The van der Waals surface area contributed by atoms with Crippen LogP contribution in [0.5, 0.6) is 0 Å². The molecule has 0 aliphatic carbocycles. The van der Waals surface area contributed by atoms with E-state index in [4.69, 9.17) is 11.5 Å². The van der Waals surface area contributed by atoms with Gasteiger partial charge in [0.05, 0.1) is 25.6 Å². The van der Waals surface area contributed by atoms with Gasteiger partial charge in [-0.25, -0.2) is 9.78 Å². The highest BCUT2D eigenvalue weighted by atomic mass is 16.4. The number of carboxylic acids is 1. The van der Waals surface area contributed by atoms with Crippen LogP contribution in [0.1, 0.15) is 70.9 Å². The summed E-state index contributed by atoms with van der Waals surface area (Å²) in [5.74, 6) is -5.89. The monoisotopic (exact) mass is 764 g/mol. The van der Waals surface area contributed by atoms with Gasteiger partial charge in [-0.05, 0) is 57.4 Å². The predicted molar refractivity (Wildman–Crippen MR) is 192 cm³/mol. The fourth-order valence-corrected chi connectivity index (χ4v) is 6.59. The van der Waals surface area contributed by atoms with E-state index in [2.05, 4.69) is 31.2 Å². The number of nitrogens with one attached hydrogen (secondary N) is 5. The molecule has 0 radical (unpaired) electrons. The van der Waals surface area contributed by atoms with Gasteiger partial charge in [0, 0.05) is 31.4 Å². The summed E-state index contributed by atoms with van der Waals surface area (Å²) >= 11 is 0. The molecule has 0 aromatic carbocycles. The van der Waals surface area contributed by atoms with Crippen LogP contribution in [-0.2, 0) is 40.0 Å². The van der Waals surface area contributed by atoms with Crippen LogP contribution in [0.25, 0.3) is 0 Å². The Morgan fingerprint density at radius 2 is 1.48 bits per heavy atom. The summed E-state index contributed by atoms with van der Waals surface area (Å²) in [4.78, 5) is 101. The third-order valence-corrected chi connectivity index (χ3v) is 9.96. The summed E-state index contributed by atoms with van der Waals surface area (Å²) in [6.45, 7) is 2.59. The Bertz CT molecular complexity index is 1450. The van der Waals surface area contributed by atoms with Gasteiger partial charge in [-0.1, -0.05) is 20.3 Å². The standard InChI is InChI=1S/C34H56N10O10/c1-3-19(2)27(33(52)44-13-7-10-26(44)34(53)54)42-29(48)22(8-4-5-11-35)39-30(49)23(16-45)40-31(50)25-9-6-12-43(25)32(51)24(17-46)41-28(47)21(36)14-20-15-37-18-38-20/h15,18-19,21-27,45-46H,3-14,16-17,35-36H2,1-2H3,(H,37,38)(H,39,49)(H,40,50)(H,41,47)(H,42,48)(H,53,54)/t19-,21-,22-,23-,24-,25-,26-,27-/m0/s1. The third kappa shape index (κ3) is 11.7. The highest BCUT2D eigenvalue weighted by molar-refractivity contribution is 5.97. The van der Waals surface area contributed by atoms with Crippen LogP contribution in [0, 0.1) is 5.92 Å². The molecule has 20 nitrogen and oxygen atoms in total. The second-order valence-corrected chi connectivity index (χ2v) is 13.8. The van der Waals surface area contributed by atoms with Crippen molar-refractivity contribution in [2.24, 2.45) is 17.4 Å². The van der Waals surface area contributed by atoms with E-state index in [1.54, 1.807) is 6.92 Å². The number of rotatable bonds is 21. The van der Waals surface area contributed by atoms with Crippen LogP contribution < -0.4 is 32.7 Å². The highest BCUT2D eigenvalue weighted by Gasteiger charge is 2.41. The van der Waals surface area contributed by atoms with Gasteiger partial charge in [0.2, 0.25) is 35.4 Å². The van der Waals surface area contributed by atoms with Crippen molar-refractivity contribution < 1.29 is 48.9 Å². The predicted octanol–water partition coefficient (Wildman–Crippen LogP) is -3.56. The van der Waals surface area contributed by atoms with Gasteiger partial charge in [0.25, 0.3) is 0 Å². The number of unbranched alkanes of at least 4 members (excludes halogenated alkanes) is 1. The lowest BCUT2D eigenvalue weighted by Crippen LogP contribution is -2.61. The maximum Gasteiger partial charge on any atom is 0.326 e. The minimum absolute atomic E-state index is 0.0927. The molecule has 2 aliphatic rings. The first-order valence-electron chi connectivity index (χ1n) is 18.5. The van der Waals surface area contributed by atoms with Gasteiger partial charge >= 0.3 is 5.97 Å². The molecule has 0 spiro atoms. The Balaban J connectivity index is 1.68. The first-order valence-corrected chi connectivity index (χ1v) is 18.5. The molecule has 302 valence electrons. The number of aliphatic hydroxyl groups is 2. The summed E-state index contributed by atoms with van der Waals surface area (Å²) in [6.07, 6.45) is 5.91. The number of amides is 6. The van der Waals surface area contributed by atoms with Gasteiger partial charge < -0.3 is 62.8 Å². The average Bonchev–Trinajstić information content (AvgIpc) is 3.96. The maximum atomic E-state index is 13.7. The van der Waals surface area contributed by atoms with Crippen molar-refractivity contribution in [2.75, 3.05) is 32.8 Å². The number of imidazole rings is 1. The van der Waals surface area contributed by atoms with Crippen LogP contribution in [0.3, 0.4) is 0 Å². The number of nitrogens with two attached hydrogens (primary N) is 2. The van der Waals surface area contributed by atoms with E-state index in [9.17, 15) is 48.9 Å². The molecule has 0 bridgehead atoms. The van der Waals surface area contributed by atoms with Crippen LogP contribution in [0.2, 0.25) is 0 Å². The first kappa shape index (κ1) is 43.7. The van der Waals surface area contributed by atoms with Crippen molar-refractivity contribution in [3.8, 4) is 0 Å². The second kappa shape index (κ2) is 21.3. The molecular formula is C34H56N10O10. The van der Waals surface area contributed by atoms with Crippen molar-refractivity contribution in [1.29, 1.82) is 0 Å². The fraction of sp³-hybridized carbons (Fsp3) is 0.706. The van der Waals surface area contributed by atoms with Gasteiger partial charge in [0.1, 0.15) is 36.3 Å². The molecule has 12 N–H and O–H groups in total. The van der Waals surface area contributed by atoms with Crippen molar-refractivity contribution in [3.63, 3.8) is 0 Å². The Kier molecular flexibility index (Phi) is 17.2. The van der Waals surface area contributed by atoms with Crippen LogP contribution in [-0.4, -0.2) is 152 Å². The van der Waals surface area contributed by atoms with E-state index in [-0.39, 0.29) is 38.3 Å². The molecule has 20 heteroatoms. The SMILES string of the molecule is CC[C@H](C)[C@H](NC(=O)[C@H](CCCCN)NC(=O)[C@H](CO)NC(=O)[C@@H]1CCCN1C(=O)[C@H](CO)NC(=O)[C@@H](N)Cc1cnc[nH]1)C(=O)N1CCC[C@H]1C(=O)O. The van der Waals surface area contributed by atoms with Crippen molar-refractivity contribution in [2.45, 2.75) is 114 Å². The number of carbonyl (C=O) groups is 7. The molecule has 54 heavy (non-hydrogen) atoms. The minimum Gasteiger partial charge on any atom is -0.480 e. The average molecular weight is 765 g/mol. The molecule has 2 saturated heterocycles. The lowest BCUT2D eigenvalue weighted by molar-refractivity contribution is -0.150.